The summed E-state index contributed by atoms with van der Waals surface area (Å²) in [6.45, 7) is 0.147. The number of nitrogens with zero attached hydrogens (tertiary/aromatic N) is 5. The van der Waals surface area contributed by atoms with Crippen molar-refractivity contribution >= 4 is 23.2 Å². The molecule has 0 bridgehead atoms. The molecule has 8 nitrogen and oxygen atoms in total. The highest BCUT2D eigenvalue weighted by Crippen LogP contribution is 2.28. The van der Waals surface area contributed by atoms with Gasteiger partial charge in [-0.15, -0.1) is 5.10 Å². The smallest absolute Gasteiger partial charge is 0.229 e. The van der Waals surface area contributed by atoms with Crippen LogP contribution in [0.25, 0.3) is 5.69 Å². The minimum atomic E-state index is -0.545. The lowest BCUT2D eigenvalue weighted by Gasteiger charge is -2.17. The van der Waals surface area contributed by atoms with Crippen LogP contribution in [0.5, 0.6) is 0 Å². The number of rotatable bonds is 4. The van der Waals surface area contributed by atoms with Gasteiger partial charge in [0.2, 0.25) is 11.8 Å². The summed E-state index contributed by atoms with van der Waals surface area (Å²) in [5.74, 6) is -1.58. The maximum Gasteiger partial charge on any atom is 0.229 e. The monoisotopic (exact) mass is 366 g/mol. The number of aromatic nitrogens is 4. The molecule has 1 aliphatic rings. The van der Waals surface area contributed by atoms with Crippen LogP contribution in [-0.2, 0) is 9.59 Å². The Hall–Kier alpha value is -3.62. The molecule has 0 spiro atoms. The fourth-order valence-electron chi connectivity index (χ4n) is 3.01. The van der Waals surface area contributed by atoms with Crippen LogP contribution >= 0.6 is 0 Å². The second-order valence-electron chi connectivity index (χ2n) is 6.15. The number of para-hydroxylation sites is 1. The predicted octanol–water partition coefficient (Wildman–Crippen LogP) is 1.79. The summed E-state index contributed by atoms with van der Waals surface area (Å²) in [5, 5.41) is 13.7. The summed E-state index contributed by atoms with van der Waals surface area (Å²) < 4.78 is 15.4. The van der Waals surface area contributed by atoms with Gasteiger partial charge in [0.25, 0.3) is 0 Å². The fourth-order valence-corrected chi connectivity index (χ4v) is 3.01. The molecule has 1 saturated heterocycles. The number of benzene rings is 2. The Morgan fingerprint density at radius 2 is 1.93 bits per heavy atom. The van der Waals surface area contributed by atoms with Crippen LogP contribution in [0.1, 0.15) is 6.42 Å². The summed E-state index contributed by atoms with van der Waals surface area (Å²) >= 11 is 0. The zero-order valence-corrected chi connectivity index (χ0v) is 14.1. The number of tetrazole rings is 1. The topological polar surface area (TPSA) is 93.0 Å². The predicted molar refractivity (Wildman–Crippen MR) is 94.6 cm³/mol. The van der Waals surface area contributed by atoms with Crippen molar-refractivity contribution in [1.82, 2.24) is 20.2 Å². The van der Waals surface area contributed by atoms with Gasteiger partial charge in [-0.05, 0) is 46.8 Å². The Morgan fingerprint density at radius 3 is 2.63 bits per heavy atom. The van der Waals surface area contributed by atoms with Crippen LogP contribution in [0.2, 0.25) is 0 Å². The van der Waals surface area contributed by atoms with Crippen LogP contribution in [0.15, 0.2) is 54.9 Å². The molecule has 1 unspecified atom stereocenters. The van der Waals surface area contributed by atoms with Gasteiger partial charge < -0.3 is 10.2 Å². The molecule has 136 valence electrons. The molecule has 4 rings (SSSR count). The van der Waals surface area contributed by atoms with Crippen LogP contribution < -0.4 is 10.2 Å². The fraction of sp³-hybridized carbons (Fsp3) is 0.167. The third kappa shape index (κ3) is 3.39. The van der Waals surface area contributed by atoms with Gasteiger partial charge >= 0.3 is 0 Å². The number of amides is 2. The Balaban J connectivity index is 1.43. The van der Waals surface area contributed by atoms with Gasteiger partial charge in [0, 0.05) is 18.7 Å². The summed E-state index contributed by atoms with van der Waals surface area (Å²) in [6, 6.07) is 13.0. The standard InChI is InChI=1S/C18H15FN6O2/c19-15-3-1-2-4-16(15)24-10-12(9-17(24)26)18(27)21-13-5-7-14(8-6-13)25-11-20-22-23-25/h1-8,11-12H,9-10H2,(H,21,27). The molecule has 0 radical (unpaired) electrons. The molecule has 1 N–H and O–H groups in total. The second-order valence-corrected chi connectivity index (χ2v) is 6.15. The van der Waals surface area contributed by atoms with E-state index >= 15 is 0 Å². The van der Waals surface area contributed by atoms with E-state index in [1.165, 1.54) is 28.0 Å². The van der Waals surface area contributed by atoms with Gasteiger partial charge in [-0.25, -0.2) is 9.07 Å². The molecule has 2 amide bonds. The van der Waals surface area contributed by atoms with E-state index < -0.39 is 11.7 Å². The number of anilines is 2. The summed E-state index contributed by atoms with van der Waals surface area (Å²) in [5.41, 5.74) is 1.54. The van der Waals surface area contributed by atoms with Crippen molar-refractivity contribution in [2.45, 2.75) is 6.42 Å². The van der Waals surface area contributed by atoms with Crippen LogP contribution in [0.4, 0.5) is 15.8 Å². The van der Waals surface area contributed by atoms with Gasteiger partial charge in [0.15, 0.2) is 0 Å². The van der Waals surface area contributed by atoms with Crippen molar-refractivity contribution < 1.29 is 14.0 Å². The first-order valence-corrected chi connectivity index (χ1v) is 8.31. The van der Waals surface area contributed by atoms with Crippen molar-refractivity contribution in [2.75, 3.05) is 16.8 Å². The van der Waals surface area contributed by atoms with E-state index in [-0.39, 0.29) is 30.5 Å². The van der Waals surface area contributed by atoms with Crippen molar-refractivity contribution in [3.8, 4) is 5.69 Å². The third-order valence-corrected chi connectivity index (χ3v) is 4.39. The maximum absolute atomic E-state index is 13.9. The van der Waals surface area contributed by atoms with Gasteiger partial charge in [-0.1, -0.05) is 12.1 Å². The number of carbonyl (C=O) groups is 2. The molecule has 27 heavy (non-hydrogen) atoms. The zero-order chi connectivity index (χ0) is 18.8. The number of nitrogens with one attached hydrogen (secondary N) is 1. The largest absolute Gasteiger partial charge is 0.326 e. The average Bonchev–Trinajstić information content (AvgIpc) is 3.33. The highest BCUT2D eigenvalue weighted by atomic mass is 19.1. The highest BCUT2D eigenvalue weighted by Gasteiger charge is 2.36. The molecular weight excluding hydrogens is 351 g/mol. The number of halogens is 1. The first kappa shape index (κ1) is 16.8. The molecular formula is C18H15FN6O2. The normalized spacial score (nSPS) is 16.6. The summed E-state index contributed by atoms with van der Waals surface area (Å²) in [7, 11) is 0. The van der Waals surface area contributed by atoms with E-state index in [9.17, 15) is 14.0 Å². The summed E-state index contributed by atoms with van der Waals surface area (Å²) in [4.78, 5) is 26.1. The van der Waals surface area contributed by atoms with Crippen molar-refractivity contribution in [3.05, 3.63) is 60.7 Å². The van der Waals surface area contributed by atoms with E-state index in [1.54, 1.807) is 36.4 Å². The first-order valence-electron chi connectivity index (χ1n) is 8.31. The summed E-state index contributed by atoms with van der Waals surface area (Å²) in [6.07, 6.45) is 1.51. The maximum atomic E-state index is 13.9. The van der Waals surface area contributed by atoms with Gasteiger partial charge in [0.1, 0.15) is 12.1 Å². The molecule has 1 fully saturated rings. The first-order chi connectivity index (χ1) is 13.1. The lowest BCUT2D eigenvalue weighted by Crippen LogP contribution is -2.28. The molecule has 2 heterocycles. The van der Waals surface area contributed by atoms with Crippen LogP contribution in [0, 0.1) is 11.7 Å². The quantitative estimate of drug-likeness (QED) is 0.760. The highest BCUT2D eigenvalue weighted by molar-refractivity contribution is 6.03. The Morgan fingerprint density at radius 1 is 1.15 bits per heavy atom. The number of hydrogen-bond acceptors (Lipinski definition) is 5. The van der Waals surface area contributed by atoms with E-state index in [2.05, 4.69) is 20.8 Å². The number of carbonyl (C=O) groups excluding carboxylic acids is 2. The third-order valence-electron chi connectivity index (χ3n) is 4.39. The molecule has 0 aliphatic carbocycles. The average molecular weight is 366 g/mol. The molecule has 3 aromatic rings. The van der Waals surface area contributed by atoms with Gasteiger partial charge in [-0.3, -0.25) is 9.59 Å². The minimum Gasteiger partial charge on any atom is -0.326 e. The van der Waals surface area contributed by atoms with Crippen molar-refractivity contribution in [3.63, 3.8) is 0 Å². The van der Waals surface area contributed by atoms with Gasteiger partial charge in [0.05, 0.1) is 17.3 Å². The molecule has 1 aromatic heterocycles. The molecule has 0 saturated carbocycles. The lowest BCUT2D eigenvalue weighted by atomic mass is 10.1. The molecule has 1 atom stereocenters. The molecule has 2 aromatic carbocycles. The van der Waals surface area contributed by atoms with Crippen LogP contribution in [-0.4, -0.2) is 38.6 Å². The Bertz CT molecular complexity index is 974. The lowest BCUT2D eigenvalue weighted by molar-refractivity contribution is -0.122. The number of hydrogen-bond donors (Lipinski definition) is 1. The molecule has 9 heteroatoms. The zero-order valence-electron chi connectivity index (χ0n) is 14.1. The Labute approximate surface area is 153 Å². The van der Waals surface area contributed by atoms with Crippen LogP contribution in [0.3, 0.4) is 0 Å². The second kappa shape index (κ2) is 6.94. The SMILES string of the molecule is O=C(Nc1ccc(-n2cnnn2)cc1)C1CC(=O)N(c2ccccc2F)C1. The van der Waals surface area contributed by atoms with Gasteiger partial charge in [-0.2, -0.15) is 0 Å². The Kier molecular flexibility index (Phi) is 4.33. The van der Waals surface area contributed by atoms with E-state index in [0.717, 1.165) is 5.69 Å². The van der Waals surface area contributed by atoms with E-state index in [0.29, 0.717) is 5.69 Å². The van der Waals surface area contributed by atoms with Crippen molar-refractivity contribution in [1.29, 1.82) is 0 Å². The minimum absolute atomic E-state index is 0.0445. The molecule has 1 aliphatic heterocycles. The van der Waals surface area contributed by atoms with Crippen molar-refractivity contribution in [2.24, 2.45) is 5.92 Å². The van der Waals surface area contributed by atoms with E-state index in [4.69, 9.17) is 0 Å². The van der Waals surface area contributed by atoms with E-state index in [1.807, 2.05) is 0 Å².